The maximum absolute atomic E-state index is 11.0. The first kappa shape index (κ1) is 13.0. The van der Waals surface area contributed by atoms with Gasteiger partial charge >= 0.3 is 0 Å². The molecule has 0 amide bonds. The van der Waals surface area contributed by atoms with Crippen LogP contribution in [0.25, 0.3) is 11.3 Å². The van der Waals surface area contributed by atoms with Gasteiger partial charge in [0.2, 0.25) is 0 Å². The number of aryl methyl sites for hydroxylation is 3. The molecule has 0 fully saturated rings. The number of hydrogen-bond acceptors (Lipinski definition) is 3. The molecule has 1 aromatic heterocycles. The van der Waals surface area contributed by atoms with Gasteiger partial charge in [-0.1, -0.05) is 17.7 Å². The zero-order chi connectivity index (χ0) is 13.1. The van der Waals surface area contributed by atoms with E-state index in [1.807, 2.05) is 0 Å². The van der Waals surface area contributed by atoms with Gasteiger partial charge in [-0.15, -0.1) is 11.3 Å². The number of hydrogen-bond donors (Lipinski definition) is 0. The van der Waals surface area contributed by atoms with Crippen LogP contribution in [0.5, 0.6) is 0 Å². The third-order valence-electron chi connectivity index (χ3n) is 2.91. The summed E-state index contributed by atoms with van der Waals surface area (Å²) in [5, 5.41) is 3.12. The Morgan fingerprint density at radius 3 is 2.83 bits per heavy atom. The number of ketones is 1. The van der Waals surface area contributed by atoms with Crippen LogP contribution < -0.4 is 0 Å². The number of aromatic nitrogens is 1. The van der Waals surface area contributed by atoms with Crippen LogP contribution in [0.15, 0.2) is 23.6 Å². The zero-order valence-electron chi connectivity index (χ0n) is 11.0. The molecule has 18 heavy (non-hydrogen) atoms. The summed E-state index contributed by atoms with van der Waals surface area (Å²) in [6.07, 6.45) is 1.34. The number of thiazole rings is 1. The van der Waals surface area contributed by atoms with E-state index in [0.29, 0.717) is 6.42 Å². The second kappa shape index (κ2) is 5.44. The Balaban J connectivity index is 2.23. The number of carbonyl (C=O) groups excluding carboxylic acids is 1. The van der Waals surface area contributed by atoms with Gasteiger partial charge in [0.25, 0.3) is 0 Å². The average Bonchev–Trinajstić information content (AvgIpc) is 2.78. The first-order valence-electron chi connectivity index (χ1n) is 6.07. The highest BCUT2D eigenvalue weighted by molar-refractivity contribution is 7.09. The first-order chi connectivity index (χ1) is 8.56. The molecule has 0 N–H and O–H groups in total. The molecular formula is C15H17NOS. The zero-order valence-corrected chi connectivity index (χ0v) is 11.8. The van der Waals surface area contributed by atoms with E-state index in [1.54, 1.807) is 18.3 Å². The van der Waals surface area contributed by atoms with Crippen molar-refractivity contribution in [3.63, 3.8) is 0 Å². The van der Waals surface area contributed by atoms with E-state index in [1.165, 1.54) is 16.7 Å². The molecule has 2 aromatic rings. The highest BCUT2D eigenvalue weighted by Gasteiger charge is 2.08. The van der Waals surface area contributed by atoms with Gasteiger partial charge in [-0.2, -0.15) is 0 Å². The lowest BCUT2D eigenvalue weighted by atomic mass is 10.0. The molecule has 94 valence electrons. The molecule has 0 radical (unpaired) electrons. The van der Waals surface area contributed by atoms with Crippen molar-refractivity contribution in [1.29, 1.82) is 0 Å². The van der Waals surface area contributed by atoms with E-state index in [2.05, 4.69) is 42.4 Å². The van der Waals surface area contributed by atoms with Gasteiger partial charge in [0.1, 0.15) is 5.78 Å². The monoisotopic (exact) mass is 259 g/mol. The van der Waals surface area contributed by atoms with E-state index in [-0.39, 0.29) is 5.78 Å². The molecule has 0 atom stereocenters. The molecule has 0 spiro atoms. The Kier molecular flexibility index (Phi) is 3.92. The van der Waals surface area contributed by atoms with Gasteiger partial charge in [-0.3, -0.25) is 0 Å². The van der Waals surface area contributed by atoms with Crippen LogP contribution in [0.4, 0.5) is 0 Å². The Morgan fingerprint density at radius 1 is 1.33 bits per heavy atom. The lowest BCUT2D eigenvalue weighted by Crippen LogP contribution is -1.93. The van der Waals surface area contributed by atoms with Gasteiger partial charge in [0.15, 0.2) is 0 Å². The maximum atomic E-state index is 11.0. The Hall–Kier alpha value is -1.48. The second-order valence-corrected chi connectivity index (χ2v) is 5.59. The summed E-state index contributed by atoms with van der Waals surface area (Å²) in [7, 11) is 0. The van der Waals surface area contributed by atoms with E-state index in [9.17, 15) is 4.79 Å². The first-order valence-corrected chi connectivity index (χ1v) is 6.95. The summed E-state index contributed by atoms with van der Waals surface area (Å²) in [6, 6.07) is 6.40. The largest absolute Gasteiger partial charge is 0.300 e. The molecule has 2 rings (SSSR count). The van der Waals surface area contributed by atoms with Crippen LogP contribution in [0.3, 0.4) is 0 Å². The quantitative estimate of drug-likeness (QED) is 0.832. The lowest BCUT2D eigenvalue weighted by Gasteiger charge is -2.03. The molecule has 0 aliphatic carbocycles. The molecular weight excluding hydrogens is 242 g/mol. The molecule has 1 heterocycles. The third-order valence-corrected chi connectivity index (χ3v) is 3.82. The van der Waals surface area contributed by atoms with Crippen molar-refractivity contribution in [2.75, 3.05) is 0 Å². The minimum Gasteiger partial charge on any atom is -0.300 e. The molecule has 2 nitrogen and oxygen atoms in total. The minimum absolute atomic E-state index is 0.221. The highest BCUT2D eigenvalue weighted by Crippen LogP contribution is 2.26. The summed E-state index contributed by atoms with van der Waals surface area (Å²) in [4.78, 5) is 15.6. The number of Topliss-reactive ketones (excluding diaryl/α,β-unsaturated/α-hetero) is 1. The molecule has 3 heteroatoms. The van der Waals surface area contributed by atoms with Crippen molar-refractivity contribution in [2.24, 2.45) is 0 Å². The average molecular weight is 259 g/mol. The molecule has 0 saturated carbocycles. The van der Waals surface area contributed by atoms with Gasteiger partial charge in [-0.25, -0.2) is 4.98 Å². The van der Waals surface area contributed by atoms with Crippen molar-refractivity contribution in [3.05, 3.63) is 39.7 Å². The van der Waals surface area contributed by atoms with Crippen LogP contribution >= 0.6 is 11.3 Å². The predicted octanol–water partition coefficient (Wildman–Crippen LogP) is 3.95. The van der Waals surface area contributed by atoms with Crippen LogP contribution in [-0.4, -0.2) is 10.8 Å². The fourth-order valence-corrected chi connectivity index (χ4v) is 2.64. The van der Waals surface area contributed by atoms with Gasteiger partial charge < -0.3 is 4.79 Å². The second-order valence-electron chi connectivity index (χ2n) is 4.65. The number of nitrogens with zero attached hydrogens (tertiary/aromatic N) is 1. The molecule has 0 bridgehead atoms. The summed E-state index contributed by atoms with van der Waals surface area (Å²) in [5.74, 6) is 0.221. The summed E-state index contributed by atoms with van der Waals surface area (Å²) in [6.45, 7) is 5.81. The Labute approximate surface area is 112 Å². The normalized spacial score (nSPS) is 10.6. The van der Waals surface area contributed by atoms with Crippen LogP contribution in [0.2, 0.25) is 0 Å². The number of benzene rings is 1. The summed E-state index contributed by atoms with van der Waals surface area (Å²) in [5.41, 5.74) is 4.71. The van der Waals surface area contributed by atoms with Crippen LogP contribution in [-0.2, 0) is 11.2 Å². The fraction of sp³-hybridized carbons (Fsp3) is 0.333. The summed E-state index contributed by atoms with van der Waals surface area (Å²) >= 11 is 1.64. The lowest BCUT2D eigenvalue weighted by molar-refractivity contribution is -0.116. The van der Waals surface area contributed by atoms with E-state index >= 15 is 0 Å². The molecule has 0 unspecified atom stereocenters. The van der Waals surface area contributed by atoms with E-state index in [0.717, 1.165) is 17.1 Å². The van der Waals surface area contributed by atoms with Crippen molar-refractivity contribution in [1.82, 2.24) is 4.98 Å². The highest BCUT2D eigenvalue weighted by atomic mass is 32.1. The standard InChI is InChI=1S/C15H17NOS/c1-10-4-5-11(2)13(8-10)14-9-18-15(16-14)7-6-12(3)17/h4-5,8-9H,6-7H2,1-3H3. The molecule has 0 aliphatic rings. The number of carbonyl (C=O) groups is 1. The maximum Gasteiger partial charge on any atom is 0.130 e. The Morgan fingerprint density at radius 2 is 2.11 bits per heavy atom. The topological polar surface area (TPSA) is 30.0 Å². The van der Waals surface area contributed by atoms with Gasteiger partial charge in [0.05, 0.1) is 10.7 Å². The fourth-order valence-electron chi connectivity index (χ4n) is 1.84. The van der Waals surface area contributed by atoms with Gasteiger partial charge in [-0.05, 0) is 32.4 Å². The van der Waals surface area contributed by atoms with Crippen LogP contribution in [0.1, 0.15) is 29.5 Å². The SMILES string of the molecule is CC(=O)CCc1nc(-c2cc(C)ccc2C)cs1. The number of rotatable bonds is 4. The predicted molar refractivity (Wildman–Crippen MR) is 76.0 cm³/mol. The molecule has 0 saturated heterocycles. The van der Waals surface area contributed by atoms with Gasteiger partial charge in [0, 0.05) is 23.8 Å². The smallest absolute Gasteiger partial charge is 0.130 e. The minimum atomic E-state index is 0.221. The van der Waals surface area contributed by atoms with Crippen molar-refractivity contribution >= 4 is 17.1 Å². The van der Waals surface area contributed by atoms with Crippen LogP contribution in [0, 0.1) is 13.8 Å². The van der Waals surface area contributed by atoms with Crippen molar-refractivity contribution in [3.8, 4) is 11.3 Å². The van der Waals surface area contributed by atoms with Crippen molar-refractivity contribution in [2.45, 2.75) is 33.6 Å². The Bertz CT molecular complexity index is 572. The summed E-state index contributed by atoms with van der Waals surface area (Å²) < 4.78 is 0. The molecule has 0 aliphatic heterocycles. The molecule has 1 aromatic carbocycles. The van der Waals surface area contributed by atoms with Crippen molar-refractivity contribution < 1.29 is 4.79 Å². The third kappa shape index (κ3) is 3.05. The van der Waals surface area contributed by atoms with E-state index < -0.39 is 0 Å². The van der Waals surface area contributed by atoms with E-state index in [4.69, 9.17) is 0 Å².